The summed E-state index contributed by atoms with van der Waals surface area (Å²) >= 11 is 0. The molecule has 0 aliphatic heterocycles. The van der Waals surface area contributed by atoms with Crippen LogP contribution in [0.2, 0.25) is 0 Å². The van der Waals surface area contributed by atoms with Crippen LogP contribution in [0.1, 0.15) is 17.3 Å². The van der Waals surface area contributed by atoms with Gasteiger partial charge in [-0.15, -0.1) is 0 Å². The number of alkyl halides is 3. The summed E-state index contributed by atoms with van der Waals surface area (Å²) in [5.41, 5.74) is 0.0880. The molecule has 2 amide bonds. The Morgan fingerprint density at radius 2 is 1.67 bits per heavy atom. The number of hydrogen-bond donors (Lipinski definition) is 3. The molecule has 0 spiro atoms. The number of sulfonamides is 1. The minimum absolute atomic E-state index is 0.0385. The molecule has 0 aliphatic carbocycles. The first-order valence-corrected chi connectivity index (χ1v) is 9.83. The SMILES string of the molecule is COc1ccc(NC(C)=O)c(NS(=O)(=O)c2ccc(C(=O)NCC(F)(F)F)cc2)c1. The molecule has 162 valence electrons. The average molecular weight is 445 g/mol. The van der Waals surface area contributed by atoms with Gasteiger partial charge in [0, 0.05) is 18.6 Å². The Balaban J connectivity index is 2.24. The molecule has 12 heteroatoms. The second-order valence-corrected chi connectivity index (χ2v) is 7.70. The molecular formula is C18H18F3N3O5S. The number of hydrogen-bond acceptors (Lipinski definition) is 5. The Labute approximate surface area is 170 Å². The van der Waals surface area contributed by atoms with Gasteiger partial charge in [0.15, 0.2) is 0 Å². The number of carbonyl (C=O) groups excluding carboxylic acids is 2. The normalized spacial score (nSPS) is 11.5. The maximum Gasteiger partial charge on any atom is 0.405 e. The van der Waals surface area contributed by atoms with Gasteiger partial charge < -0.3 is 15.4 Å². The zero-order valence-electron chi connectivity index (χ0n) is 15.8. The number of anilines is 2. The molecule has 3 N–H and O–H groups in total. The largest absolute Gasteiger partial charge is 0.497 e. The monoisotopic (exact) mass is 445 g/mol. The zero-order valence-corrected chi connectivity index (χ0v) is 16.6. The van der Waals surface area contributed by atoms with Gasteiger partial charge in [0.1, 0.15) is 12.3 Å². The third-order valence-electron chi connectivity index (χ3n) is 3.66. The van der Waals surface area contributed by atoms with E-state index in [1.165, 1.54) is 32.2 Å². The predicted molar refractivity (Wildman–Crippen MR) is 103 cm³/mol. The molecule has 0 aliphatic rings. The highest BCUT2D eigenvalue weighted by atomic mass is 32.2. The number of ether oxygens (including phenoxy) is 1. The molecule has 2 aromatic rings. The van der Waals surface area contributed by atoms with E-state index in [2.05, 4.69) is 10.0 Å². The van der Waals surface area contributed by atoms with Crippen LogP contribution in [0.3, 0.4) is 0 Å². The van der Waals surface area contributed by atoms with Gasteiger partial charge in [-0.2, -0.15) is 13.2 Å². The second kappa shape index (κ2) is 9.03. The van der Waals surface area contributed by atoms with Crippen LogP contribution >= 0.6 is 0 Å². The summed E-state index contributed by atoms with van der Waals surface area (Å²) in [4.78, 5) is 22.8. The summed E-state index contributed by atoms with van der Waals surface area (Å²) in [6, 6.07) is 8.65. The molecule has 30 heavy (non-hydrogen) atoms. The summed E-state index contributed by atoms with van der Waals surface area (Å²) in [6.07, 6.45) is -4.56. The van der Waals surface area contributed by atoms with Gasteiger partial charge in [-0.3, -0.25) is 14.3 Å². The van der Waals surface area contributed by atoms with E-state index in [-0.39, 0.29) is 21.8 Å². The fraction of sp³-hybridized carbons (Fsp3) is 0.222. The number of rotatable bonds is 7. The van der Waals surface area contributed by atoms with Crippen LogP contribution in [-0.2, 0) is 14.8 Å². The number of methoxy groups -OCH3 is 1. The number of carbonyl (C=O) groups is 2. The molecule has 0 saturated carbocycles. The fourth-order valence-corrected chi connectivity index (χ4v) is 3.38. The molecule has 0 radical (unpaired) electrons. The summed E-state index contributed by atoms with van der Waals surface area (Å²) in [5.74, 6) is -1.08. The second-order valence-electron chi connectivity index (χ2n) is 6.02. The van der Waals surface area contributed by atoms with E-state index in [1.54, 1.807) is 5.32 Å². The Hall–Kier alpha value is -3.28. The van der Waals surface area contributed by atoms with Crippen LogP contribution in [0.25, 0.3) is 0 Å². The number of amides is 2. The predicted octanol–water partition coefficient (Wildman–Crippen LogP) is 2.75. The quantitative estimate of drug-likeness (QED) is 0.607. The lowest BCUT2D eigenvalue weighted by Crippen LogP contribution is -2.33. The van der Waals surface area contributed by atoms with Crippen molar-refractivity contribution in [3.05, 3.63) is 48.0 Å². The van der Waals surface area contributed by atoms with Crippen LogP contribution in [0.15, 0.2) is 47.4 Å². The molecule has 0 aromatic heterocycles. The molecule has 0 saturated heterocycles. The Morgan fingerprint density at radius 1 is 1.03 bits per heavy atom. The Morgan fingerprint density at radius 3 is 2.20 bits per heavy atom. The standard InChI is InChI=1S/C18H18F3N3O5S/c1-11(25)23-15-8-5-13(29-2)9-16(15)24-30(27,28)14-6-3-12(4-7-14)17(26)22-10-18(19,20)21/h3-9,24H,10H2,1-2H3,(H,22,26)(H,23,25). The molecule has 0 fully saturated rings. The van der Waals surface area contributed by atoms with E-state index in [0.29, 0.717) is 5.75 Å². The summed E-state index contributed by atoms with van der Waals surface area (Å²) in [5, 5.41) is 4.17. The molecule has 2 rings (SSSR count). The van der Waals surface area contributed by atoms with Gasteiger partial charge in [-0.05, 0) is 36.4 Å². The lowest BCUT2D eigenvalue weighted by Gasteiger charge is -2.14. The smallest absolute Gasteiger partial charge is 0.405 e. The fourth-order valence-electron chi connectivity index (χ4n) is 2.31. The maximum atomic E-state index is 12.7. The van der Waals surface area contributed by atoms with Crippen LogP contribution in [0.4, 0.5) is 24.5 Å². The average Bonchev–Trinajstić information content (AvgIpc) is 2.66. The first-order chi connectivity index (χ1) is 13.9. The van der Waals surface area contributed by atoms with Crippen molar-refractivity contribution < 1.29 is 35.9 Å². The van der Waals surface area contributed by atoms with Crippen molar-refractivity contribution in [1.82, 2.24) is 5.32 Å². The van der Waals surface area contributed by atoms with E-state index in [9.17, 15) is 31.2 Å². The number of halogens is 3. The summed E-state index contributed by atoms with van der Waals surface area (Å²) in [7, 11) is -2.76. The first kappa shape index (κ1) is 23.0. The zero-order chi connectivity index (χ0) is 22.5. The summed E-state index contributed by atoms with van der Waals surface area (Å²) in [6.45, 7) is -0.250. The van der Waals surface area contributed by atoms with Gasteiger partial charge in [0.05, 0.1) is 23.4 Å². The molecule has 2 aromatic carbocycles. The van der Waals surface area contributed by atoms with Gasteiger partial charge in [0.25, 0.3) is 15.9 Å². The van der Waals surface area contributed by atoms with Gasteiger partial charge in [0.2, 0.25) is 5.91 Å². The van der Waals surface area contributed by atoms with Crippen molar-refractivity contribution in [3.8, 4) is 5.75 Å². The van der Waals surface area contributed by atoms with Gasteiger partial charge in [-0.25, -0.2) is 8.42 Å². The Kier molecular flexibility index (Phi) is 6.92. The van der Waals surface area contributed by atoms with E-state index >= 15 is 0 Å². The lowest BCUT2D eigenvalue weighted by molar-refractivity contribution is -0.123. The molecule has 8 nitrogen and oxygen atoms in total. The van der Waals surface area contributed by atoms with Crippen LogP contribution in [0.5, 0.6) is 5.75 Å². The van der Waals surface area contributed by atoms with Gasteiger partial charge in [-0.1, -0.05) is 0 Å². The van der Waals surface area contributed by atoms with Crippen molar-refractivity contribution in [3.63, 3.8) is 0 Å². The molecule has 0 bridgehead atoms. The molecule has 0 atom stereocenters. The van der Waals surface area contributed by atoms with Gasteiger partial charge >= 0.3 is 6.18 Å². The minimum atomic E-state index is -4.56. The van der Waals surface area contributed by atoms with E-state index in [1.807, 2.05) is 0 Å². The van der Waals surface area contributed by atoms with E-state index in [0.717, 1.165) is 24.3 Å². The van der Waals surface area contributed by atoms with Crippen LogP contribution in [-0.4, -0.2) is 40.1 Å². The van der Waals surface area contributed by atoms with E-state index in [4.69, 9.17) is 4.74 Å². The van der Waals surface area contributed by atoms with Crippen LogP contribution in [0, 0.1) is 0 Å². The third kappa shape index (κ3) is 6.37. The van der Waals surface area contributed by atoms with E-state index < -0.39 is 34.6 Å². The maximum absolute atomic E-state index is 12.7. The third-order valence-corrected chi connectivity index (χ3v) is 5.04. The topological polar surface area (TPSA) is 114 Å². The van der Waals surface area contributed by atoms with Crippen molar-refractivity contribution >= 4 is 33.2 Å². The number of benzene rings is 2. The molecular weight excluding hydrogens is 427 g/mol. The highest BCUT2D eigenvalue weighted by Gasteiger charge is 2.28. The molecule has 0 heterocycles. The highest BCUT2D eigenvalue weighted by molar-refractivity contribution is 7.92. The number of nitrogens with one attached hydrogen (secondary N) is 3. The lowest BCUT2D eigenvalue weighted by atomic mass is 10.2. The van der Waals surface area contributed by atoms with Crippen molar-refractivity contribution in [1.29, 1.82) is 0 Å². The first-order valence-electron chi connectivity index (χ1n) is 8.35. The van der Waals surface area contributed by atoms with Crippen LogP contribution < -0.4 is 20.1 Å². The molecule has 0 unspecified atom stereocenters. The van der Waals surface area contributed by atoms with Crippen molar-refractivity contribution in [2.75, 3.05) is 23.7 Å². The minimum Gasteiger partial charge on any atom is -0.497 e. The highest BCUT2D eigenvalue weighted by Crippen LogP contribution is 2.29. The van der Waals surface area contributed by atoms with Crippen molar-refractivity contribution in [2.24, 2.45) is 0 Å². The Bertz CT molecular complexity index is 1040. The summed E-state index contributed by atoms with van der Waals surface area (Å²) < 4.78 is 69.2. The van der Waals surface area contributed by atoms with Crippen molar-refractivity contribution in [2.45, 2.75) is 18.0 Å².